The zero-order chi connectivity index (χ0) is 24.9. The van der Waals surface area contributed by atoms with Crippen LogP contribution in [0.25, 0.3) is 17.0 Å². The average Bonchev–Trinajstić information content (AvgIpc) is 3.13. The number of nitro groups is 1. The maximum Gasteiger partial charge on any atom is 0.269 e. The summed E-state index contributed by atoms with van der Waals surface area (Å²) in [6, 6.07) is 25.6. The van der Waals surface area contributed by atoms with E-state index >= 15 is 0 Å². The van der Waals surface area contributed by atoms with E-state index in [4.69, 9.17) is 0 Å². The molecular weight excluding hydrogens is 440 g/mol. The Morgan fingerprint density at radius 3 is 2.40 bits per heavy atom. The van der Waals surface area contributed by atoms with Crippen molar-refractivity contribution in [3.8, 4) is 6.07 Å². The van der Waals surface area contributed by atoms with Gasteiger partial charge in [0.15, 0.2) is 0 Å². The molecule has 7 heteroatoms. The van der Waals surface area contributed by atoms with Gasteiger partial charge in [0.05, 0.1) is 11.0 Å². The summed E-state index contributed by atoms with van der Waals surface area (Å²) < 4.78 is 2.09. The van der Waals surface area contributed by atoms with Crippen LogP contribution in [-0.2, 0) is 11.3 Å². The van der Waals surface area contributed by atoms with Crippen molar-refractivity contribution < 1.29 is 9.72 Å². The molecule has 174 valence electrons. The van der Waals surface area contributed by atoms with Crippen LogP contribution in [0.4, 0.5) is 5.69 Å². The Kier molecular flexibility index (Phi) is 6.74. The number of para-hydroxylation sites is 1. The first-order valence-electron chi connectivity index (χ1n) is 11.2. The highest BCUT2D eigenvalue weighted by Gasteiger charge is 2.18. The summed E-state index contributed by atoms with van der Waals surface area (Å²) in [5.41, 5.74) is 4.56. The molecule has 0 spiro atoms. The monoisotopic (exact) mass is 464 g/mol. The lowest BCUT2D eigenvalue weighted by Crippen LogP contribution is -2.27. The molecule has 0 saturated carbocycles. The normalized spacial score (nSPS) is 12.2. The maximum atomic E-state index is 12.9. The fraction of sp³-hybridized carbons (Fsp3) is 0.143. The smallest absolute Gasteiger partial charge is 0.269 e. The number of nitrogens with one attached hydrogen (secondary N) is 1. The third-order valence-electron chi connectivity index (χ3n) is 6.07. The number of hydrogen-bond acceptors (Lipinski definition) is 4. The number of non-ortho nitro benzene ring substituents is 1. The van der Waals surface area contributed by atoms with E-state index in [0.717, 1.165) is 33.3 Å². The zero-order valence-corrected chi connectivity index (χ0v) is 19.4. The lowest BCUT2D eigenvalue weighted by atomic mass is 10.1. The van der Waals surface area contributed by atoms with Gasteiger partial charge in [-0.15, -0.1) is 0 Å². The molecule has 4 aromatic rings. The number of aromatic nitrogens is 1. The number of rotatable bonds is 7. The minimum Gasteiger partial charge on any atom is -0.345 e. The zero-order valence-electron chi connectivity index (χ0n) is 19.4. The molecule has 1 N–H and O–H groups in total. The van der Waals surface area contributed by atoms with Crippen molar-refractivity contribution in [3.05, 3.63) is 117 Å². The van der Waals surface area contributed by atoms with Crippen LogP contribution in [-0.4, -0.2) is 15.4 Å². The van der Waals surface area contributed by atoms with Crippen LogP contribution in [0.3, 0.4) is 0 Å². The third kappa shape index (κ3) is 4.97. The van der Waals surface area contributed by atoms with Crippen LogP contribution >= 0.6 is 0 Å². The Labute approximate surface area is 203 Å². The largest absolute Gasteiger partial charge is 0.345 e. The predicted molar refractivity (Wildman–Crippen MR) is 135 cm³/mol. The predicted octanol–water partition coefficient (Wildman–Crippen LogP) is 5.69. The highest BCUT2D eigenvalue weighted by atomic mass is 16.6. The van der Waals surface area contributed by atoms with Gasteiger partial charge in [-0.2, -0.15) is 5.26 Å². The molecule has 0 radical (unpaired) electrons. The quantitative estimate of drug-likeness (QED) is 0.164. The summed E-state index contributed by atoms with van der Waals surface area (Å²) >= 11 is 0. The number of benzene rings is 3. The van der Waals surface area contributed by atoms with Gasteiger partial charge in [-0.05, 0) is 37.1 Å². The maximum absolute atomic E-state index is 12.9. The van der Waals surface area contributed by atoms with E-state index in [1.165, 1.54) is 12.1 Å². The summed E-state index contributed by atoms with van der Waals surface area (Å²) in [5.74, 6) is -0.435. The molecule has 7 nitrogen and oxygen atoms in total. The van der Waals surface area contributed by atoms with Crippen LogP contribution in [0.2, 0.25) is 0 Å². The number of fused-ring (bicyclic) bond motifs is 1. The first kappa shape index (κ1) is 23.5. The van der Waals surface area contributed by atoms with Crippen LogP contribution in [0.15, 0.2) is 84.4 Å². The van der Waals surface area contributed by atoms with E-state index in [0.29, 0.717) is 6.54 Å². The molecule has 1 heterocycles. The van der Waals surface area contributed by atoms with Gasteiger partial charge in [-0.3, -0.25) is 14.9 Å². The number of amides is 1. The molecule has 1 atom stereocenters. The summed E-state index contributed by atoms with van der Waals surface area (Å²) in [6.45, 7) is 4.32. The van der Waals surface area contributed by atoms with E-state index in [1.54, 1.807) is 18.2 Å². The fourth-order valence-corrected chi connectivity index (χ4v) is 4.14. The number of nitro benzene ring substituents is 1. The standard InChI is InChI=1S/C28H24N4O3/c1-19(22-8-4-3-5-9-22)30-28(33)23(17-29)16-26-20(2)31(27-11-7-6-10-25(26)27)18-21-12-14-24(15-13-21)32(34)35/h3-16,19H,18H2,1-2H3,(H,30,33)/b23-16+/t19-/m0/s1. The molecule has 0 aliphatic carbocycles. The summed E-state index contributed by atoms with van der Waals surface area (Å²) in [4.78, 5) is 23.5. The number of nitrogens with zero attached hydrogens (tertiary/aromatic N) is 3. The van der Waals surface area contributed by atoms with Crippen molar-refractivity contribution >= 4 is 28.6 Å². The first-order valence-corrected chi connectivity index (χ1v) is 11.2. The number of carbonyl (C=O) groups is 1. The second-order valence-electron chi connectivity index (χ2n) is 8.30. The molecular formula is C28H24N4O3. The summed E-state index contributed by atoms with van der Waals surface area (Å²) in [5, 5.41) is 24.6. The molecule has 0 aliphatic heterocycles. The van der Waals surface area contributed by atoms with Crippen LogP contribution in [0, 0.1) is 28.4 Å². The molecule has 1 aromatic heterocycles. The molecule has 0 fully saturated rings. The molecule has 4 rings (SSSR count). The van der Waals surface area contributed by atoms with Crippen molar-refractivity contribution in [2.45, 2.75) is 26.4 Å². The van der Waals surface area contributed by atoms with E-state index in [-0.39, 0.29) is 17.3 Å². The number of carbonyl (C=O) groups excluding carboxylic acids is 1. The van der Waals surface area contributed by atoms with E-state index < -0.39 is 10.8 Å². The Balaban J connectivity index is 1.68. The second kappa shape index (κ2) is 10.1. The highest BCUT2D eigenvalue weighted by molar-refractivity contribution is 6.04. The van der Waals surface area contributed by atoms with Crippen molar-refractivity contribution in [2.75, 3.05) is 0 Å². The van der Waals surface area contributed by atoms with Gasteiger partial charge in [0.2, 0.25) is 0 Å². The lowest BCUT2D eigenvalue weighted by molar-refractivity contribution is -0.384. The molecule has 0 saturated heterocycles. The van der Waals surface area contributed by atoms with Crippen LogP contribution in [0.1, 0.15) is 35.3 Å². The molecule has 35 heavy (non-hydrogen) atoms. The van der Waals surface area contributed by atoms with Crippen molar-refractivity contribution in [1.29, 1.82) is 5.26 Å². The topological polar surface area (TPSA) is 101 Å². The third-order valence-corrected chi connectivity index (χ3v) is 6.07. The number of nitriles is 1. The van der Waals surface area contributed by atoms with Gasteiger partial charge in [0, 0.05) is 40.8 Å². The highest BCUT2D eigenvalue weighted by Crippen LogP contribution is 2.29. The van der Waals surface area contributed by atoms with Gasteiger partial charge in [0.25, 0.3) is 11.6 Å². The molecule has 0 bridgehead atoms. The van der Waals surface area contributed by atoms with Crippen LogP contribution in [0.5, 0.6) is 0 Å². The van der Waals surface area contributed by atoms with E-state index in [2.05, 4.69) is 16.0 Å². The molecule has 1 amide bonds. The lowest BCUT2D eigenvalue weighted by Gasteiger charge is -2.13. The van der Waals surface area contributed by atoms with Gasteiger partial charge in [-0.1, -0.05) is 60.7 Å². The fourth-order valence-electron chi connectivity index (χ4n) is 4.14. The minimum absolute atomic E-state index is 0.0223. The first-order chi connectivity index (χ1) is 16.9. The molecule has 0 aliphatic rings. The number of hydrogen-bond donors (Lipinski definition) is 1. The van der Waals surface area contributed by atoms with Crippen molar-refractivity contribution in [3.63, 3.8) is 0 Å². The average molecular weight is 465 g/mol. The van der Waals surface area contributed by atoms with Crippen molar-refractivity contribution in [1.82, 2.24) is 9.88 Å². The molecule has 0 unspecified atom stereocenters. The van der Waals surface area contributed by atoms with Gasteiger partial charge in [-0.25, -0.2) is 0 Å². The van der Waals surface area contributed by atoms with Crippen molar-refractivity contribution in [2.24, 2.45) is 0 Å². The van der Waals surface area contributed by atoms with E-state index in [1.807, 2.05) is 68.4 Å². The SMILES string of the molecule is Cc1c(/C=C(\C#N)C(=O)N[C@@H](C)c2ccccc2)c2ccccc2n1Cc1ccc([N+](=O)[O-])cc1. The second-order valence-corrected chi connectivity index (χ2v) is 8.30. The van der Waals surface area contributed by atoms with Gasteiger partial charge in [0.1, 0.15) is 11.6 Å². The van der Waals surface area contributed by atoms with Gasteiger partial charge >= 0.3 is 0 Å². The molecule has 3 aromatic carbocycles. The Morgan fingerprint density at radius 2 is 1.74 bits per heavy atom. The van der Waals surface area contributed by atoms with E-state index in [9.17, 15) is 20.2 Å². The summed E-state index contributed by atoms with van der Waals surface area (Å²) in [6.07, 6.45) is 1.64. The Hall–Kier alpha value is -4.70. The van der Waals surface area contributed by atoms with Gasteiger partial charge < -0.3 is 9.88 Å². The Morgan fingerprint density at radius 1 is 1.09 bits per heavy atom. The van der Waals surface area contributed by atoms with Crippen LogP contribution < -0.4 is 5.32 Å². The summed E-state index contributed by atoms with van der Waals surface area (Å²) in [7, 11) is 0. The Bertz CT molecular complexity index is 1460. The minimum atomic E-state index is -0.435.